The van der Waals surface area contributed by atoms with Gasteiger partial charge in [0.25, 0.3) is 5.91 Å². The molecule has 1 aliphatic heterocycles. The zero-order valence-corrected chi connectivity index (χ0v) is 15.6. The van der Waals surface area contributed by atoms with E-state index >= 15 is 0 Å². The molecule has 2 aromatic heterocycles. The summed E-state index contributed by atoms with van der Waals surface area (Å²) in [6.45, 7) is 0.897. The smallest absolute Gasteiger partial charge is 0.422 e. The minimum Gasteiger partial charge on any atom is -0.468 e. The van der Waals surface area contributed by atoms with Crippen molar-refractivity contribution in [3.05, 3.63) is 47.3 Å². The zero-order chi connectivity index (χ0) is 21.0. The van der Waals surface area contributed by atoms with Crippen molar-refractivity contribution >= 4 is 17.6 Å². The van der Waals surface area contributed by atoms with E-state index in [-0.39, 0.29) is 24.2 Å². The highest BCUT2D eigenvalue weighted by molar-refractivity contribution is 6.01. The molecule has 154 valence electrons. The molecule has 0 saturated heterocycles. The molecule has 1 aliphatic rings. The molecule has 7 nitrogen and oxygen atoms in total. The van der Waals surface area contributed by atoms with Crippen LogP contribution in [-0.2, 0) is 17.8 Å². The van der Waals surface area contributed by atoms with Gasteiger partial charge in [-0.15, -0.1) is 0 Å². The molecule has 0 aliphatic carbocycles. The van der Waals surface area contributed by atoms with E-state index in [1.807, 2.05) is 0 Å². The van der Waals surface area contributed by atoms with Crippen LogP contribution in [0.1, 0.15) is 35.0 Å². The topological polar surface area (TPSA) is 84.4 Å². The van der Waals surface area contributed by atoms with Crippen LogP contribution in [-0.4, -0.2) is 46.0 Å². The number of ether oxygens (including phenoxy) is 1. The van der Waals surface area contributed by atoms with Crippen molar-refractivity contribution in [3.8, 4) is 5.88 Å². The first-order valence-electron chi connectivity index (χ1n) is 8.99. The van der Waals surface area contributed by atoms with Crippen LogP contribution in [0.25, 0.3) is 0 Å². The second kappa shape index (κ2) is 8.46. The number of carbonyl (C=O) groups is 2. The van der Waals surface area contributed by atoms with Crippen LogP contribution in [0.4, 0.5) is 19.0 Å². The van der Waals surface area contributed by atoms with Gasteiger partial charge >= 0.3 is 6.18 Å². The second-order valence-electron chi connectivity index (χ2n) is 6.44. The van der Waals surface area contributed by atoms with Crippen molar-refractivity contribution in [2.24, 2.45) is 0 Å². The predicted octanol–water partition coefficient (Wildman–Crippen LogP) is 2.96. The van der Waals surface area contributed by atoms with E-state index in [9.17, 15) is 22.8 Å². The summed E-state index contributed by atoms with van der Waals surface area (Å²) < 4.78 is 41.5. The number of hydrogen-bond donors (Lipinski definition) is 1. The van der Waals surface area contributed by atoms with Crippen LogP contribution in [0.3, 0.4) is 0 Å². The Kier molecular flexibility index (Phi) is 6.00. The summed E-state index contributed by atoms with van der Waals surface area (Å²) in [5, 5.41) is 2.69. The van der Waals surface area contributed by atoms with Gasteiger partial charge in [-0.05, 0) is 12.1 Å². The Morgan fingerprint density at radius 1 is 1.31 bits per heavy atom. The first-order valence-corrected chi connectivity index (χ1v) is 8.99. The summed E-state index contributed by atoms with van der Waals surface area (Å²) in [5.41, 5.74) is 1.63. The van der Waals surface area contributed by atoms with Gasteiger partial charge < -0.3 is 15.0 Å². The summed E-state index contributed by atoms with van der Waals surface area (Å²) in [6.07, 6.45) is -2.34. The molecule has 0 spiro atoms. The SMILES string of the molecule is CCC(=O)Nc1nccc2c1CN(CCc1cccc(OCC(F)(F)F)n1)C2=O. The Bertz CT molecular complexity index is 918. The van der Waals surface area contributed by atoms with E-state index in [1.54, 1.807) is 30.0 Å². The Labute approximate surface area is 164 Å². The summed E-state index contributed by atoms with van der Waals surface area (Å²) >= 11 is 0. The van der Waals surface area contributed by atoms with Gasteiger partial charge in [-0.3, -0.25) is 9.59 Å². The number of nitrogens with one attached hydrogen (secondary N) is 1. The number of alkyl halides is 3. The van der Waals surface area contributed by atoms with Gasteiger partial charge in [0.1, 0.15) is 5.82 Å². The molecule has 0 saturated carbocycles. The lowest BCUT2D eigenvalue weighted by atomic mass is 10.1. The van der Waals surface area contributed by atoms with E-state index in [2.05, 4.69) is 20.0 Å². The molecule has 3 heterocycles. The van der Waals surface area contributed by atoms with Crippen molar-refractivity contribution in [2.45, 2.75) is 32.5 Å². The molecule has 3 rings (SSSR count). The van der Waals surface area contributed by atoms with Crippen LogP contribution in [0.5, 0.6) is 5.88 Å². The Morgan fingerprint density at radius 2 is 2.10 bits per heavy atom. The van der Waals surface area contributed by atoms with Crippen LogP contribution in [0, 0.1) is 0 Å². The number of aromatic nitrogens is 2. The number of rotatable bonds is 7. The number of fused-ring (bicyclic) bond motifs is 1. The molecular formula is C19H19F3N4O3. The molecule has 0 radical (unpaired) electrons. The molecule has 1 N–H and O–H groups in total. The highest BCUT2D eigenvalue weighted by Gasteiger charge is 2.30. The quantitative estimate of drug-likeness (QED) is 0.762. The van der Waals surface area contributed by atoms with Crippen molar-refractivity contribution in [3.63, 3.8) is 0 Å². The van der Waals surface area contributed by atoms with E-state index < -0.39 is 12.8 Å². The summed E-state index contributed by atoms with van der Waals surface area (Å²) in [4.78, 5) is 34.1. The first kappa shape index (κ1) is 20.6. The van der Waals surface area contributed by atoms with Gasteiger partial charge in [0.15, 0.2) is 6.61 Å². The van der Waals surface area contributed by atoms with Crippen LogP contribution < -0.4 is 10.1 Å². The molecule has 0 fully saturated rings. The normalized spacial score (nSPS) is 13.4. The highest BCUT2D eigenvalue weighted by atomic mass is 19.4. The minimum atomic E-state index is -4.44. The maximum atomic E-state index is 12.6. The third-order valence-electron chi connectivity index (χ3n) is 4.30. The van der Waals surface area contributed by atoms with Crippen molar-refractivity contribution in [1.82, 2.24) is 14.9 Å². The first-order chi connectivity index (χ1) is 13.8. The maximum Gasteiger partial charge on any atom is 0.422 e. The number of amides is 2. The molecule has 0 aromatic carbocycles. The number of halogens is 3. The Morgan fingerprint density at radius 3 is 2.83 bits per heavy atom. The average Bonchev–Trinajstić information content (AvgIpc) is 3.01. The van der Waals surface area contributed by atoms with Crippen LogP contribution in [0.15, 0.2) is 30.5 Å². The molecular weight excluding hydrogens is 389 g/mol. The summed E-state index contributed by atoms with van der Waals surface area (Å²) in [5.74, 6) is -0.147. The highest BCUT2D eigenvalue weighted by Crippen LogP contribution is 2.28. The summed E-state index contributed by atoms with van der Waals surface area (Å²) in [7, 11) is 0. The van der Waals surface area contributed by atoms with E-state index in [4.69, 9.17) is 0 Å². The molecule has 0 bridgehead atoms. The number of nitrogens with zero attached hydrogens (tertiary/aromatic N) is 3. The zero-order valence-electron chi connectivity index (χ0n) is 15.6. The fourth-order valence-corrected chi connectivity index (χ4v) is 2.88. The number of pyridine rings is 2. The van der Waals surface area contributed by atoms with Gasteiger partial charge in [-0.1, -0.05) is 13.0 Å². The molecule has 29 heavy (non-hydrogen) atoms. The standard InChI is InChI=1S/C19H19F3N4O3/c1-2-15(27)25-17-14-10-26(18(28)13(14)6-8-23-17)9-7-12-4-3-5-16(24-12)29-11-19(20,21)22/h3-6,8H,2,7,9-11H2,1H3,(H,23,25,27). The largest absolute Gasteiger partial charge is 0.468 e. The lowest BCUT2D eigenvalue weighted by molar-refractivity contribution is -0.154. The maximum absolute atomic E-state index is 12.6. The fraction of sp³-hybridized carbons (Fsp3) is 0.368. The number of hydrogen-bond acceptors (Lipinski definition) is 5. The number of anilines is 1. The second-order valence-corrected chi connectivity index (χ2v) is 6.44. The van der Waals surface area contributed by atoms with Crippen molar-refractivity contribution in [2.75, 3.05) is 18.5 Å². The van der Waals surface area contributed by atoms with Gasteiger partial charge in [-0.25, -0.2) is 9.97 Å². The molecule has 2 aromatic rings. The lowest BCUT2D eigenvalue weighted by Crippen LogP contribution is -2.26. The van der Waals surface area contributed by atoms with Crippen molar-refractivity contribution < 1.29 is 27.5 Å². The average molecular weight is 408 g/mol. The van der Waals surface area contributed by atoms with E-state index in [1.165, 1.54) is 12.3 Å². The van der Waals surface area contributed by atoms with Gasteiger partial charge in [0, 0.05) is 48.5 Å². The van der Waals surface area contributed by atoms with Crippen LogP contribution >= 0.6 is 0 Å². The molecule has 10 heteroatoms. The van der Waals surface area contributed by atoms with Gasteiger partial charge in [0.05, 0.1) is 6.54 Å². The van der Waals surface area contributed by atoms with Gasteiger partial charge in [-0.2, -0.15) is 13.2 Å². The molecule has 0 atom stereocenters. The van der Waals surface area contributed by atoms with E-state index in [0.717, 1.165) is 0 Å². The van der Waals surface area contributed by atoms with Crippen molar-refractivity contribution in [1.29, 1.82) is 0 Å². The Balaban J connectivity index is 1.64. The summed E-state index contributed by atoms with van der Waals surface area (Å²) in [6, 6.07) is 6.16. The third-order valence-corrected chi connectivity index (χ3v) is 4.30. The fourth-order valence-electron chi connectivity index (χ4n) is 2.88. The lowest BCUT2D eigenvalue weighted by Gasteiger charge is -2.15. The molecule has 0 unspecified atom stereocenters. The number of carbonyl (C=O) groups excluding carboxylic acids is 2. The monoisotopic (exact) mass is 408 g/mol. The molecule has 2 amide bonds. The predicted molar refractivity (Wildman–Crippen MR) is 97.4 cm³/mol. The minimum absolute atomic E-state index is 0.121. The van der Waals surface area contributed by atoms with Gasteiger partial charge in [0.2, 0.25) is 11.8 Å². The Hall–Kier alpha value is -3.17. The van der Waals surface area contributed by atoms with E-state index in [0.29, 0.717) is 42.0 Å². The third kappa shape index (κ3) is 5.21. The van der Waals surface area contributed by atoms with Crippen LogP contribution in [0.2, 0.25) is 0 Å².